The van der Waals surface area contributed by atoms with Crippen molar-refractivity contribution in [1.82, 2.24) is 29.1 Å². The van der Waals surface area contributed by atoms with Crippen LogP contribution in [0.5, 0.6) is 0 Å². The lowest BCUT2D eigenvalue weighted by atomic mass is 9.96. The van der Waals surface area contributed by atoms with E-state index in [0.717, 1.165) is 4.57 Å². The van der Waals surface area contributed by atoms with Gasteiger partial charge in [0.2, 0.25) is 5.95 Å². The van der Waals surface area contributed by atoms with Gasteiger partial charge in [-0.3, -0.25) is 28.0 Å². The highest BCUT2D eigenvalue weighted by Crippen LogP contribution is 2.52. The van der Waals surface area contributed by atoms with Crippen molar-refractivity contribution >= 4 is 30.8 Å². The first kappa shape index (κ1) is 31.1. The van der Waals surface area contributed by atoms with Crippen molar-refractivity contribution in [2.45, 2.75) is 55.5 Å². The number of phosphoric ester groups is 1. The maximum Gasteiger partial charge on any atom is 0.472 e. The third-order valence-electron chi connectivity index (χ3n) is 7.10. The second-order valence-corrected chi connectivity index (χ2v) is 11.8. The zero-order chi connectivity index (χ0) is 31.4. The van der Waals surface area contributed by atoms with Crippen molar-refractivity contribution in [2.75, 3.05) is 37.9 Å². The number of hydrogen-bond donors (Lipinski definition) is 7. The minimum atomic E-state index is -5.08. The van der Waals surface area contributed by atoms with E-state index in [4.69, 9.17) is 24.3 Å². The third-order valence-corrected chi connectivity index (χ3v) is 8.07. The topological polar surface area (TPSA) is 283 Å². The lowest BCUT2D eigenvalue weighted by Crippen LogP contribution is -2.45. The third kappa shape index (κ3) is 5.69. The Kier molecular flexibility index (Phi) is 8.20. The van der Waals surface area contributed by atoms with E-state index in [-0.39, 0.29) is 22.9 Å². The van der Waals surface area contributed by atoms with Crippen LogP contribution in [0.2, 0.25) is 0 Å². The lowest BCUT2D eigenvalue weighted by Gasteiger charge is -2.31. The molecule has 21 heteroatoms. The quantitative estimate of drug-likeness (QED) is 0.114. The van der Waals surface area contributed by atoms with Crippen molar-refractivity contribution in [2.24, 2.45) is 0 Å². The van der Waals surface area contributed by atoms with Gasteiger partial charge in [0.05, 0.1) is 19.5 Å². The average molecular weight is 631 g/mol. The Balaban J connectivity index is 1.32. The first-order valence-corrected chi connectivity index (χ1v) is 14.3. The maximum absolute atomic E-state index is 13.0. The molecule has 0 amide bonds. The van der Waals surface area contributed by atoms with Gasteiger partial charge in [-0.25, -0.2) is 14.3 Å². The Morgan fingerprint density at radius 1 is 1.19 bits per heavy atom. The van der Waals surface area contributed by atoms with Crippen LogP contribution in [0.1, 0.15) is 19.4 Å². The molecule has 0 aliphatic carbocycles. The van der Waals surface area contributed by atoms with Crippen molar-refractivity contribution in [3.8, 4) is 0 Å². The fraction of sp³-hybridized carbons (Fsp3) is 0.591. The summed E-state index contributed by atoms with van der Waals surface area (Å²) in [6, 6.07) is 1.27. The number of rotatable bonds is 9. The molecule has 2 saturated heterocycles. The number of nitrogens with zero attached hydrogens (tertiary/aromatic N) is 6. The van der Waals surface area contributed by atoms with E-state index in [1.165, 1.54) is 35.0 Å². The molecule has 1 unspecified atom stereocenters. The van der Waals surface area contributed by atoms with Gasteiger partial charge in [0.15, 0.2) is 23.6 Å². The zero-order valence-corrected chi connectivity index (χ0v) is 23.9. The van der Waals surface area contributed by atoms with Crippen LogP contribution in [0.15, 0.2) is 28.2 Å². The minimum absolute atomic E-state index is 0.0226. The summed E-state index contributed by atoms with van der Waals surface area (Å²) >= 11 is 0. The van der Waals surface area contributed by atoms with E-state index in [1.54, 1.807) is 14.1 Å². The van der Waals surface area contributed by atoms with Crippen LogP contribution in [0.25, 0.3) is 11.2 Å². The smallest absolute Gasteiger partial charge is 0.394 e. The summed E-state index contributed by atoms with van der Waals surface area (Å²) in [6.07, 6.45) is -8.16. The molecule has 8 N–H and O–H groups in total. The van der Waals surface area contributed by atoms with Crippen LogP contribution in [0.4, 0.5) is 11.8 Å². The van der Waals surface area contributed by atoms with Crippen LogP contribution in [-0.4, -0.2) is 118 Å². The number of nitrogens with one attached hydrogen (secondary N) is 1. The molecule has 5 rings (SSSR count). The molecule has 0 spiro atoms. The number of anilines is 2. The van der Waals surface area contributed by atoms with E-state index >= 15 is 0 Å². The first-order chi connectivity index (χ1) is 20.1. The monoisotopic (exact) mass is 630 g/mol. The lowest BCUT2D eigenvalue weighted by molar-refractivity contribution is -0.0960. The largest absolute Gasteiger partial charge is 0.472 e. The molecule has 2 aliphatic heterocycles. The van der Waals surface area contributed by atoms with Gasteiger partial charge in [-0.15, -0.1) is 0 Å². The molecule has 2 aliphatic rings. The Morgan fingerprint density at radius 3 is 2.56 bits per heavy atom. The van der Waals surface area contributed by atoms with E-state index in [2.05, 4.69) is 19.9 Å². The molecular weight excluding hydrogens is 599 g/mol. The first-order valence-electron chi connectivity index (χ1n) is 12.8. The summed E-state index contributed by atoms with van der Waals surface area (Å²) in [5.41, 5.74) is 1.86. The number of ether oxygens (including phenoxy) is 2. The van der Waals surface area contributed by atoms with Crippen molar-refractivity contribution in [1.29, 1.82) is 0 Å². The van der Waals surface area contributed by atoms with Crippen molar-refractivity contribution in [3.05, 3.63) is 39.4 Å². The number of hydrogen-bond acceptors (Lipinski definition) is 16. The standard InChI is InChI=1S/C22H31N8O12P/c1-22(36)15(9(6-31)41-19(22)30-8-24-12-16(30)26-20(28(2)3)27-17(12)34)42-43(37,38)39-7-10-13(32)14(33)18(40-10)29-5-4-11(23)25-21(29)35/h4-5,8-10,13-15,18-19,31-33,36H,6-7H2,1-3H3,(H,37,38)(H2,23,25,35)(H,26,27,34)/t9-,10-,13-,14-,15-,18-,19-,22-/m1/s1. The normalized spacial score (nSPS) is 32.3. The number of nitrogen functional groups attached to an aromatic ring is 1. The molecule has 5 heterocycles. The Bertz CT molecular complexity index is 1660. The van der Waals surface area contributed by atoms with E-state index in [1.807, 2.05) is 0 Å². The summed E-state index contributed by atoms with van der Waals surface area (Å²) in [5.74, 6) is 0.102. The summed E-state index contributed by atoms with van der Waals surface area (Å²) in [5, 5.41) is 42.2. The van der Waals surface area contributed by atoms with Gasteiger partial charge in [0.1, 0.15) is 41.9 Å². The number of aliphatic hydroxyl groups is 4. The molecular formula is C22H31N8O12P. The van der Waals surface area contributed by atoms with Gasteiger partial charge in [0, 0.05) is 20.3 Å². The Hall–Kier alpha value is -3.30. The minimum Gasteiger partial charge on any atom is -0.394 e. The molecule has 3 aromatic heterocycles. The predicted molar refractivity (Wildman–Crippen MR) is 144 cm³/mol. The number of nitrogens with two attached hydrogens (primary N) is 1. The van der Waals surface area contributed by atoms with E-state index in [9.17, 15) is 39.5 Å². The van der Waals surface area contributed by atoms with Gasteiger partial charge in [-0.1, -0.05) is 0 Å². The van der Waals surface area contributed by atoms with Crippen molar-refractivity contribution < 1.29 is 48.4 Å². The van der Waals surface area contributed by atoms with Crippen LogP contribution >= 0.6 is 7.82 Å². The molecule has 0 bridgehead atoms. The fourth-order valence-corrected chi connectivity index (χ4v) is 5.94. The number of H-pyrrole nitrogens is 1. The van der Waals surface area contributed by atoms with Gasteiger partial charge < -0.3 is 45.4 Å². The molecule has 0 radical (unpaired) electrons. The second kappa shape index (κ2) is 11.3. The van der Waals surface area contributed by atoms with Crippen LogP contribution in [0, 0.1) is 0 Å². The number of imidazole rings is 1. The molecule has 236 valence electrons. The van der Waals surface area contributed by atoms with Gasteiger partial charge in [-0.2, -0.15) is 9.97 Å². The van der Waals surface area contributed by atoms with Gasteiger partial charge in [0.25, 0.3) is 5.56 Å². The number of fused-ring (bicyclic) bond motifs is 1. The number of aromatic amines is 1. The molecule has 20 nitrogen and oxygen atoms in total. The van der Waals surface area contributed by atoms with Crippen LogP contribution in [-0.2, 0) is 23.1 Å². The summed E-state index contributed by atoms with van der Waals surface area (Å²) in [7, 11) is -1.80. The highest BCUT2D eigenvalue weighted by atomic mass is 31.2. The number of phosphoric acid groups is 1. The van der Waals surface area contributed by atoms with Gasteiger partial charge >= 0.3 is 13.5 Å². The fourth-order valence-electron chi connectivity index (χ4n) is 4.91. The van der Waals surface area contributed by atoms with Crippen LogP contribution in [0.3, 0.4) is 0 Å². The Morgan fingerprint density at radius 2 is 1.91 bits per heavy atom. The summed E-state index contributed by atoms with van der Waals surface area (Å²) in [4.78, 5) is 51.1. The molecule has 0 aromatic carbocycles. The molecule has 9 atom stereocenters. The van der Waals surface area contributed by atoms with Crippen LogP contribution < -0.4 is 21.9 Å². The van der Waals surface area contributed by atoms with E-state index in [0.29, 0.717) is 0 Å². The number of aromatic nitrogens is 6. The maximum atomic E-state index is 13.0. The SMILES string of the molecule is CN(C)c1nc2c(ncn2[C@@H]2O[C@H](CO)[C@@H](OP(=O)(O)OC[C@H]3O[C@@H](n4ccc(N)nc4=O)[C@H](O)[C@@H]3O)[C@@]2(C)O)c(=O)[nH]1. The second-order valence-electron chi connectivity index (χ2n) is 10.4. The van der Waals surface area contributed by atoms with Gasteiger partial charge in [-0.05, 0) is 13.0 Å². The molecule has 2 fully saturated rings. The molecule has 0 saturated carbocycles. The average Bonchev–Trinajstić information content (AvgIpc) is 3.55. The summed E-state index contributed by atoms with van der Waals surface area (Å²) in [6.45, 7) is -0.342. The molecule has 43 heavy (non-hydrogen) atoms. The van der Waals surface area contributed by atoms with Crippen molar-refractivity contribution in [3.63, 3.8) is 0 Å². The zero-order valence-electron chi connectivity index (χ0n) is 23.0. The Labute approximate surface area is 241 Å². The predicted octanol–water partition coefficient (Wildman–Crippen LogP) is -3.21. The van der Waals surface area contributed by atoms with E-state index < -0.39 is 80.9 Å². The number of aliphatic hydroxyl groups excluding tert-OH is 3. The highest BCUT2D eigenvalue weighted by Gasteiger charge is 2.57. The summed E-state index contributed by atoms with van der Waals surface area (Å²) < 4.78 is 36.6. The highest BCUT2D eigenvalue weighted by molar-refractivity contribution is 7.47. The molecule has 3 aromatic rings.